The Labute approximate surface area is 221 Å². The van der Waals surface area contributed by atoms with Crippen LogP contribution in [0.5, 0.6) is 5.88 Å². The molecule has 4 aromatic heterocycles. The van der Waals surface area contributed by atoms with Gasteiger partial charge in [0.1, 0.15) is 0 Å². The topological polar surface area (TPSA) is 104 Å². The largest absolute Gasteiger partial charge is 0.481 e. The standard InChI is InChI=1S/C28H28N6O3S/c1-19-3-6-24(7-4-19)38(35,36)34-18-26(20-5-8-27(37-2)30-14-20)25-13-21(15-31-28(25)34)22-16-32-33(17-22)23-9-11-29-12-10-23/h3-8,13-18,23,29H,9-12H2,1-2H3. The van der Waals surface area contributed by atoms with Gasteiger partial charge >= 0.3 is 0 Å². The van der Waals surface area contributed by atoms with E-state index >= 15 is 0 Å². The minimum absolute atomic E-state index is 0.202. The van der Waals surface area contributed by atoms with E-state index in [-0.39, 0.29) is 4.90 Å². The van der Waals surface area contributed by atoms with Crippen LogP contribution in [0.25, 0.3) is 33.3 Å². The third kappa shape index (κ3) is 4.35. The molecule has 1 saturated heterocycles. The molecule has 1 aliphatic rings. The SMILES string of the molecule is COc1ccc(-c2cn(S(=O)(=O)c3ccc(C)cc3)c3ncc(-c4cnn(C5CCNCC5)c4)cc23)cn1. The van der Waals surface area contributed by atoms with Crippen LogP contribution in [-0.4, -0.2) is 52.3 Å². The minimum atomic E-state index is -3.88. The summed E-state index contributed by atoms with van der Waals surface area (Å²) in [4.78, 5) is 9.20. The first-order valence-electron chi connectivity index (χ1n) is 12.5. The second kappa shape index (κ2) is 9.70. The Bertz CT molecular complexity index is 1700. The van der Waals surface area contributed by atoms with Crippen molar-refractivity contribution in [1.29, 1.82) is 0 Å². The van der Waals surface area contributed by atoms with Crippen LogP contribution in [0.15, 0.2) is 78.3 Å². The molecule has 1 aromatic carbocycles. The quantitative estimate of drug-likeness (QED) is 0.347. The number of aromatic nitrogens is 5. The third-order valence-corrected chi connectivity index (χ3v) is 8.73. The van der Waals surface area contributed by atoms with Crippen LogP contribution < -0.4 is 10.1 Å². The first-order chi connectivity index (χ1) is 18.4. The maximum Gasteiger partial charge on any atom is 0.269 e. The smallest absolute Gasteiger partial charge is 0.269 e. The van der Waals surface area contributed by atoms with Gasteiger partial charge in [0.05, 0.1) is 24.2 Å². The lowest BCUT2D eigenvalue weighted by atomic mass is 10.0. The maximum atomic E-state index is 13.7. The van der Waals surface area contributed by atoms with Crippen molar-refractivity contribution in [3.8, 4) is 28.1 Å². The first kappa shape index (κ1) is 24.3. The highest BCUT2D eigenvalue weighted by molar-refractivity contribution is 7.90. The Hall–Kier alpha value is -4.02. The van der Waals surface area contributed by atoms with E-state index in [4.69, 9.17) is 4.74 Å². The van der Waals surface area contributed by atoms with Gasteiger partial charge in [0.15, 0.2) is 5.65 Å². The average Bonchev–Trinajstić information content (AvgIpc) is 3.60. The lowest BCUT2D eigenvalue weighted by molar-refractivity contribution is 0.343. The van der Waals surface area contributed by atoms with Crippen LogP contribution in [0.4, 0.5) is 0 Å². The van der Waals surface area contributed by atoms with E-state index < -0.39 is 10.0 Å². The normalized spacial score (nSPS) is 14.7. The summed E-state index contributed by atoms with van der Waals surface area (Å²) in [6.07, 6.45) is 11.0. The minimum Gasteiger partial charge on any atom is -0.481 e. The first-order valence-corrected chi connectivity index (χ1v) is 14.0. The monoisotopic (exact) mass is 528 g/mol. The molecular weight excluding hydrogens is 500 g/mol. The molecule has 0 aliphatic carbocycles. The van der Waals surface area contributed by atoms with E-state index in [1.165, 1.54) is 3.97 Å². The van der Waals surface area contributed by atoms with Crippen LogP contribution in [0.3, 0.4) is 0 Å². The molecule has 0 saturated carbocycles. The fraction of sp³-hybridized carbons (Fsp3) is 0.250. The summed E-state index contributed by atoms with van der Waals surface area (Å²) in [7, 11) is -2.33. The van der Waals surface area contributed by atoms with Gasteiger partial charge in [0.2, 0.25) is 5.88 Å². The number of benzene rings is 1. The second-order valence-corrected chi connectivity index (χ2v) is 11.3. The van der Waals surface area contributed by atoms with Crippen LogP contribution in [-0.2, 0) is 10.0 Å². The van der Waals surface area contributed by atoms with Gasteiger partial charge in [-0.15, -0.1) is 0 Å². The number of nitrogens with zero attached hydrogens (tertiary/aromatic N) is 5. The summed E-state index contributed by atoms with van der Waals surface area (Å²) in [6, 6.07) is 12.8. The van der Waals surface area contributed by atoms with E-state index in [0.29, 0.717) is 28.5 Å². The molecule has 0 spiro atoms. The molecule has 5 aromatic rings. The fourth-order valence-electron chi connectivity index (χ4n) is 4.89. The second-order valence-electron chi connectivity index (χ2n) is 9.53. The van der Waals surface area contributed by atoms with Gasteiger partial charge in [-0.2, -0.15) is 5.10 Å². The van der Waals surface area contributed by atoms with E-state index in [1.54, 1.807) is 56.0 Å². The molecular formula is C28H28N6O3S. The maximum absolute atomic E-state index is 13.7. The zero-order chi connectivity index (χ0) is 26.3. The molecule has 0 radical (unpaired) electrons. The van der Waals surface area contributed by atoms with Crippen LogP contribution >= 0.6 is 0 Å². The lowest BCUT2D eigenvalue weighted by Gasteiger charge is -2.22. The molecule has 0 bridgehead atoms. The van der Waals surface area contributed by atoms with Crippen molar-refractivity contribution in [2.45, 2.75) is 30.7 Å². The van der Waals surface area contributed by atoms with Crippen LogP contribution in [0, 0.1) is 6.92 Å². The van der Waals surface area contributed by atoms with E-state index in [1.807, 2.05) is 36.1 Å². The zero-order valence-corrected chi connectivity index (χ0v) is 22.0. The average molecular weight is 529 g/mol. The van der Waals surface area contributed by atoms with Gasteiger partial charge < -0.3 is 10.1 Å². The molecule has 38 heavy (non-hydrogen) atoms. The Morgan fingerprint density at radius 2 is 1.68 bits per heavy atom. The summed E-state index contributed by atoms with van der Waals surface area (Å²) in [5, 5.41) is 8.72. The van der Waals surface area contributed by atoms with Gasteiger partial charge in [-0.25, -0.2) is 22.4 Å². The summed E-state index contributed by atoms with van der Waals surface area (Å²) in [5.41, 5.74) is 4.62. The third-order valence-electron chi connectivity index (χ3n) is 7.06. The van der Waals surface area contributed by atoms with Gasteiger partial charge in [0, 0.05) is 58.5 Å². The van der Waals surface area contributed by atoms with E-state index in [2.05, 4.69) is 20.4 Å². The van der Waals surface area contributed by atoms with Gasteiger partial charge in [-0.1, -0.05) is 17.7 Å². The van der Waals surface area contributed by atoms with Crippen LogP contribution in [0.1, 0.15) is 24.4 Å². The summed E-state index contributed by atoms with van der Waals surface area (Å²) >= 11 is 0. The number of nitrogens with one attached hydrogen (secondary N) is 1. The molecule has 0 amide bonds. The number of fused-ring (bicyclic) bond motifs is 1. The molecule has 5 heterocycles. The number of piperidine rings is 1. The van der Waals surface area contributed by atoms with Crippen molar-refractivity contribution in [2.75, 3.05) is 20.2 Å². The molecule has 194 valence electrons. The molecule has 10 heteroatoms. The van der Waals surface area contributed by atoms with Crippen molar-refractivity contribution >= 4 is 21.1 Å². The Kier molecular flexibility index (Phi) is 6.21. The summed E-state index contributed by atoms with van der Waals surface area (Å²) < 4.78 is 35.9. The molecule has 9 nitrogen and oxygen atoms in total. The number of ether oxygens (including phenoxy) is 1. The molecule has 1 N–H and O–H groups in total. The number of hydrogen-bond donors (Lipinski definition) is 1. The van der Waals surface area contributed by atoms with Gasteiger partial charge in [-0.3, -0.25) is 4.68 Å². The number of aryl methyl sites for hydroxylation is 1. The number of rotatable bonds is 6. The van der Waals surface area contributed by atoms with E-state index in [0.717, 1.165) is 48.2 Å². The van der Waals surface area contributed by atoms with Crippen molar-refractivity contribution in [3.05, 3.63) is 79.0 Å². The number of pyridine rings is 2. The highest BCUT2D eigenvalue weighted by Gasteiger charge is 2.24. The molecule has 1 aliphatic heterocycles. The molecule has 0 atom stereocenters. The van der Waals surface area contributed by atoms with E-state index in [9.17, 15) is 8.42 Å². The summed E-state index contributed by atoms with van der Waals surface area (Å²) in [5.74, 6) is 0.480. The summed E-state index contributed by atoms with van der Waals surface area (Å²) in [6.45, 7) is 3.89. The number of methoxy groups -OCH3 is 1. The molecule has 1 fully saturated rings. The zero-order valence-electron chi connectivity index (χ0n) is 21.2. The van der Waals surface area contributed by atoms with Crippen molar-refractivity contribution in [3.63, 3.8) is 0 Å². The Morgan fingerprint density at radius 1 is 0.921 bits per heavy atom. The predicted molar refractivity (Wildman–Crippen MR) is 146 cm³/mol. The van der Waals surface area contributed by atoms with Crippen molar-refractivity contribution in [2.24, 2.45) is 0 Å². The molecule has 6 rings (SSSR count). The molecule has 0 unspecified atom stereocenters. The Balaban J connectivity index is 1.49. The number of hydrogen-bond acceptors (Lipinski definition) is 7. The fourth-order valence-corrected chi connectivity index (χ4v) is 6.22. The van der Waals surface area contributed by atoms with Gasteiger partial charge in [0.25, 0.3) is 10.0 Å². The van der Waals surface area contributed by atoms with Crippen molar-refractivity contribution in [1.82, 2.24) is 29.0 Å². The Morgan fingerprint density at radius 3 is 2.39 bits per heavy atom. The van der Waals surface area contributed by atoms with Crippen molar-refractivity contribution < 1.29 is 13.2 Å². The predicted octanol–water partition coefficient (Wildman–Crippen LogP) is 4.44. The van der Waals surface area contributed by atoms with Gasteiger partial charge in [-0.05, 0) is 57.1 Å². The van der Waals surface area contributed by atoms with Crippen LogP contribution in [0.2, 0.25) is 0 Å². The highest BCUT2D eigenvalue weighted by atomic mass is 32.2. The highest BCUT2D eigenvalue weighted by Crippen LogP contribution is 2.35. The lowest BCUT2D eigenvalue weighted by Crippen LogP contribution is -2.29.